The maximum Gasteiger partial charge on any atom is 0.337 e. The number of esters is 1. The van der Waals surface area contributed by atoms with Crippen LogP contribution >= 0.6 is 11.8 Å². The van der Waals surface area contributed by atoms with Crippen molar-refractivity contribution in [3.8, 4) is 0 Å². The third-order valence-corrected chi connectivity index (χ3v) is 4.10. The summed E-state index contributed by atoms with van der Waals surface area (Å²) in [6, 6.07) is 14.0. The van der Waals surface area contributed by atoms with Crippen molar-refractivity contribution in [1.82, 2.24) is 0 Å². The summed E-state index contributed by atoms with van der Waals surface area (Å²) in [5.74, 6) is 0.0597. The first-order valence-electron chi connectivity index (χ1n) is 6.98. The van der Waals surface area contributed by atoms with Crippen molar-refractivity contribution in [3.63, 3.8) is 0 Å². The topological polar surface area (TPSA) is 55.4 Å². The van der Waals surface area contributed by atoms with Crippen LogP contribution in [-0.2, 0) is 4.74 Å². The molecule has 0 saturated heterocycles. The monoisotopic (exact) mass is 327 g/mol. The molecule has 4 nitrogen and oxygen atoms in total. The zero-order valence-electron chi connectivity index (χ0n) is 12.7. The van der Waals surface area contributed by atoms with E-state index in [1.54, 1.807) is 48.2 Å². The molecule has 2 aromatic carbocycles. The molecule has 0 spiro atoms. The number of ether oxygens (including phenoxy) is 1. The van der Waals surface area contributed by atoms with Crippen molar-refractivity contribution in [1.29, 1.82) is 0 Å². The Kier molecular flexibility index (Phi) is 6.00. The van der Waals surface area contributed by atoms with E-state index in [2.05, 4.69) is 16.6 Å². The van der Waals surface area contributed by atoms with Gasteiger partial charge < -0.3 is 10.1 Å². The van der Waals surface area contributed by atoms with Crippen molar-refractivity contribution >= 4 is 29.3 Å². The fraction of sp³-hybridized carbons (Fsp3) is 0.111. The van der Waals surface area contributed by atoms with Gasteiger partial charge in [0.2, 0.25) is 0 Å². The molecule has 5 heteroatoms. The summed E-state index contributed by atoms with van der Waals surface area (Å²) in [6.07, 6.45) is 1.79. The van der Waals surface area contributed by atoms with Gasteiger partial charge in [0, 0.05) is 16.3 Å². The highest BCUT2D eigenvalue weighted by atomic mass is 32.2. The van der Waals surface area contributed by atoms with Crippen molar-refractivity contribution in [2.45, 2.75) is 4.90 Å². The lowest BCUT2D eigenvalue weighted by molar-refractivity contribution is 0.0600. The van der Waals surface area contributed by atoms with Gasteiger partial charge in [0.1, 0.15) is 0 Å². The van der Waals surface area contributed by atoms with Crippen LogP contribution in [0.3, 0.4) is 0 Å². The Morgan fingerprint density at radius 3 is 2.74 bits per heavy atom. The first-order valence-corrected chi connectivity index (χ1v) is 7.96. The summed E-state index contributed by atoms with van der Waals surface area (Å²) in [5, 5.41) is 2.81. The number of benzene rings is 2. The number of carbonyl (C=O) groups is 2. The molecule has 0 saturated carbocycles. The van der Waals surface area contributed by atoms with E-state index in [-0.39, 0.29) is 5.91 Å². The van der Waals surface area contributed by atoms with Gasteiger partial charge in [0.15, 0.2) is 0 Å². The van der Waals surface area contributed by atoms with E-state index in [4.69, 9.17) is 0 Å². The Balaban J connectivity index is 2.19. The number of nitrogens with one attached hydrogen (secondary N) is 1. The van der Waals surface area contributed by atoms with Crippen molar-refractivity contribution in [2.24, 2.45) is 0 Å². The van der Waals surface area contributed by atoms with Gasteiger partial charge >= 0.3 is 5.97 Å². The second kappa shape index (κ2) is 8.19. The van der Waals surface area contributed by atoms with Gasteiger partial charge in [-0.15, -0.1) is 18.3 Å². The van der Waals surface area contributed by atoms with E-state index in [9.17, 15) is 9.59 Å². The third kappa shape index (κ3) is 4.47. The minimum Gasteiger partial charge on any atom is -0.465 e. The molecule has 0 fully saturated rings. The normalized spacial score (nSPS) is 9.96. The van der Waals surface area contributed by atoms with Gasteiger partial charge in [-0.25, -0.2) is 4.79 Å². The molecule has 118 valence electrons. The summed E-state index contributed by atoms with van der Waals surface area (Å²) in [7, 11) is 1.32. The van der Waals surface area contributed by atoms with Crippen LogP contribution in [0.15, 0.2) is 66.1 Å². The van der Waals surface area contributed by atoms with Gasteiger partial charge in [-0.3, -0.25) is 4.79 Å². The SMILES string of the molecule is C=CCSc1ccccc1C(=O)Nc1cccc(C(=O)OC)c1. The molecule has 0 heterocycles. The van der Waals surface area contributed by atoms with Gasteiger partial charge in [-0.05, 0) is 30.3 Å². The number of amides is 1. The first kappa shape index (κ1) is 16.8. The van der Waals surface area contributed by atoms with Crippen LogP contribution in [0.2, 0.25) is 0 Å². The molecule has 1 amide bonds. The molecule has 0 atom stereocenters. The number of methoxy groups -OCH3 is 1. The van der Waals surface area contributed by atoms with E-state index >= 15 is 0 Å². The van der Waals surface area contributed by atoms with Gasteiger partial charge in [0.25, 0.3) is 5.91 Å². The third-order valence-electron chi connectivity index (χ3n) is 3.03. The van der Waals surface area contributed by atoms with Crippen molar-refractivity contribution in [3.05, 3.63) is 72.3 Å². The molecule has 0 aliphatic carbocycles. The zero-order chi connectivity index (χ0) is 16.7. The summed E-state index contributed by atoms with van der Waals surface area (Å²) < 4.78 is 4.68. The number of thioether (sulfide) groups is 1. The molecular weight excluding hydrogens is 310 g/mol. The van der Waals surface area contributed by atoms with Gasteiger partial charge in [-0.2, -0.15) is 0 Å². The maximum absolute atomic E-state index is 12.5. The van der Waals surface area contributed by atoms with E-state index in [0.29, 0.717) is 16.8 Å². The van der Waals surface area contributed by atoms with Crippen LogP contribution < -0.4 is 5.32 Å². The maximum atomic E-state index is 12.5. The largest absolute Gasteiger partial charge is 0.465 e. The first-order chi connectivity index (χ1) is 11.2. The predicted octanol–water partition coefficient (Wildman–Crippen LogP) is 4.00. The van der Waals surface area contributed by atoms with Gasteiger partial charge in [0.05, 0.1) is 18.2 Å². The quantitative estimate of drug-likeness (QED) is 0.495. The Morgan fingerprint density at radius 2 is 2.00 bits per heavy atom. The van der Waals surface area contributed by atoms with Gasteiger partial charge in [-0.1, -0.05) is 24.3 Å². The number of hydrogen-bond acceptors (Lipinski definition) is 4. The average Bonchev–Trinajstić information content (AvgIpc) is 2.59. The van der Waals surface area contributed by atoms with Crippen molar-refractivity contribution in [2.75, 3.05) is 18.2 Å². The van der Waals surface area contributed by atoms with E-state index < -0.39 is 5.97 Å². The highest BCUT2D eigenvalue weighted by molar-refractivity contribution is 7.99. The molecule has 0 bridgehead atoms. The molecule has 23 heavy (non-hydrogen) atoms. The summed E-state index contributed by atoms with van der Waals surface area (Å²) in [4.78, 5) is 24.9. The Labute approximate surface area is 139 Å². The molecule has 0 radical (unpaired) electrons. The second-order valence-electron chi connectivity index (χ2n) is 4.62. The standard InChI is InChI=1S/C18H17NO3S/c1-3-11-23-16-10-5-4-9-15(16)17(20)19-14-8-6-7-13(12-14)18(21)22-2/h3-10,12H,1,11H2,2H3,(H,19,20). The fourth-order valence-electron chi connectivity index (χ4n) is 1.97. The molecular formula is C18H17NO3S. The van der Waals surface area contributed by atoms with Crippen LogP contribution in [0.25, 0.3) is 0 Å². The number of anilines is 1. The lowest BCUT2D eigenvalue weighted by Crippen LogP contribution is -2.13. The summed E-state index contributed by atoms with van der Waals surface area (Å²) in [6.45, 7) is 3.69. The number of carbonyl (C=O) groups excluding carboxylic acids is 2. The van der Waals surface area contributed by atoms with Crippen molar-refractivity contribution < 1.29 is 14.3 Å². The minimum atomic E-state index is -0.442. The molecule has 0 aromatic heterocycles. The van der Waals surface area contributed by atoms with Crippen LogP contribution in [0.4, 0.5) is 5.69 Å². The molecule has 0 aliphatic rings. The summed E-state index contributed by atoms with van der Waals surface area (Å²) >= 11 is 1.54. The highest BCUT2D eigenvalue weighted by Gasteiger charge is 2.12. The molecule has 0 unspecified atom stereocenters. The zero-order valence-corrected chi connectivity index (χ0v) is 13.6. The fourth-order valence-corrected chi connectivity index (χ4v) is 2.76. The molecule has 1 N–H and O–H groups in total. The predicted molar refractivity (Wildman–Crippen MR) is 93.1 cm³/mol. The van der Waals surface area contributed by atoms with Crippen LogP contribution in [0.1, 0.15) is 20.7 Å². The smallest absolute Gasteiger partial charge is 0.337 e. The molecule has 2 rings (SSSR count). The van der Waals surface area contributed by atoms with E-state index in [1.807, 2.05) is 18.2 Å². The average molecular weight is 327 g/mol. The number of rotatable bonds is 6. The Bertz CT molecular complexity index is 728. The summed E-state index contributed by atoms with van der Waals surface area (Å²) in [5.41, 5.74) is 1.52. The number of hydrogen-bond donors (Lipinski definition) is 1. The molecule has 2 aromatic rings. The lowest BCUT2D eigenvalue weighted by atomic mass is 10.1. The molecule has 0 aliphatic heterocycles. The van der Waals surface area contributed by atoms with Crippen LogP contribution in [0.5, 0.6) is 0 Å². The highest BCUT2D eigenvalue weighted by Crippen LogP contribution is 2.23. The van der Waals surface area contributed by atoms with E-state index in [0.717, 1.165) is 10.6 Å². The second-order valence-corrected chi connectivity index (χ2v) is 5.68. The Morgan fingerprint density at radius 1 is 1.22 bits per heavy atom. The lowest BCUT2D eigenvalue weighted by Gasteiger charge is -2.10. The minimum absolute atomic E-state index is 0.223. The Hall–Kier alpha value is -2.53. The van der Waals surface area contributed by atoms with E-state index in [1.165, 1.54) is 7.11 Å². The van der Waals surface area contributed by atoms with Crippen LogP contribution in [0, 0.1) is 0 Å². The van der Waals surface area contributed by atoms with Crippen LogP contribution in [-0.4, -0.2) is 24.7 Å².